The molecule has 0 radical (unpaired) electrons. The molecule has 0 spiro atoms. The summed E-state index contributed by atoms with van der Waals surface area (Å²) in [6, 6.07) is 1.99. The molecule has 8 heteroatoms. The van der Waals surface area contributed by atoms with Crippen LogP contribution in [0, 0.1) is 0 Å². The van der Waals surface area contributed by atoms with E-state index < -0.39 is 5.91 Å². The molecule has 1 saturated heterocycles. The van der Waals surface area contributed by atoms with Crippen LogP contribution >= 0.6 is 11.3 Å². The first kappa shape index (κ1) is 15.2. The third-order valence-electron chi connectivity index (χ3n) is 4.48. The van der Waals surface area contributed by atoms with Crippen molar-refractivity contribution in [1.82, 2.24) is 24.5 Å². The van der Waals surface area contributed by atoms with Gasteiger partial charge in [0.2, 0.25) is 0 Å². The highest BCUT2D eigenvalue weighted by atomic mass is 32.1. The fraction of sp³-hybridized carbons (Fsp3) is 0.375. The van der Waals surface area contributed by atoms with Crippen LogP contribution in [0.3, 0.4) is 0 Å². The first-order chi connectivity index (χ1) is 11.7. The van der Waals surface area contributed by atoms with Crippen LogP contribution < -0.4 is 5.73 Å². The summed E-state index contributed by atoms with van der Waals surface area (Å²) in [6.07, 6.45) is 7.42. The lowest BCUT2D eigenvalue weighted by atomic mass is 9.94. The van der Waals surface area contributed by atoms with Crippen molar-refractivity contribution in [1.29, 1.82) is 0 Å². The third-order valence-corrected chi connectivity index (χ3v) is 5.25. The lowest BCUT2D eigenvalue weighted by Crippen LogP contribution is -2.34. The molecular formula is C16H18N6OS. The molecule has 1 amide bonds. The van der Waals surface area contributed by atoms with E-state index >= 15 is 0 Å². The number of likely N-dealkylation sites (tertiary alicyclic amines) is 1. The third kappa shape index (κ3) is 2.78. The van der Waals surface area contributed by atoms with Crippen LogP contribution in [0.4, 0.5) is 0 Å². The first-order valence-electron chi connectivity index (χ1n) is 7.94. The van der Waals surface area contributed by atoms with E-state index in [2.05, 4.69) is 20.0 Å². The van der Waals surface area contributed by atoms with Crippen LogP contribution in [0.1, 0.15) is 39.7 Å². The van der Waals surface area contributed by atoms with Crippen molar-refractivity contribution in [2.45, 2.75) is 25.3 Å². The topological polar surface area (TPSA) is 89.4 Å². The van der Waals surface area contributed by atoms with E-state index in [0.717, 1.165) is 38.2 Å². The van der Waals surface area contributed by atoms with Crippen LogP contribution in [0.25, 0.3) is 5.65 Å². The molecule has 0 saturated carbocycles. The molecule has 0 aromatic carbocycles. The van der Waals surface area contributed by atoms with Gasteiger partial charge in [0.05, 0.1) is 17.4 Å². The first-order valence-corrected chi connectivity index (χ1v) is 8.82. The fourth-order valence-electron chi connectivity index (χ4n) is 3.37. The summed E-state index contributed by atoms with van der Waals surface area (Å²) >= 11 is 1.69. The van der Waals surface area contributed by atoms with Gasteiger partial charge in [-0.05, 0) is 25.5 Å². The Hall–Kier alpha value is -2.32. The number of nitrogens with two attached hydrogens (primary N) is 1. The highest BCUT2D eigenvalue weighted by molar-refractivity contribution is 7.09. The van der Waals surface area contributed by atoms with Gasteiger partial charge in [-0.3, -0.25) is 14.7 Å². The van der Waals surface area contributed by atoms with Gasteiger partial charge in [-0.1, -0.05) is 0 Å². The Morgan fingerprint density at radius 3 is 3.12 bits per heavy atom. The van der Waals surface area contributed by atoms with Crippen LogP contribution in [-0.2, 0) is 6.54 Å². The minimum atomic E-state index is -0.495. The van der Waals surface area contributed by atoms with Crippen molar-refractivity contribution >= 4 is 22.9 Å². The zero-order valence-electron chi connectivity index (χ0n) is 13.1. The van der Waals surface area contributed by atoms with Gasteiger partial charge in [0, 0.05) is 36.3 Å². The molecule has 1 fully saturated rings. The molecule has 1 aliphatic rings. The van der Waals surface area contributed by atoms with Gasteiger partial charge < -0.3 is 5.73 Å². The Balaban J connectivity index is 1.61. The van der Waals surface area contributed by atoms with Crippen molar-refractivity contribution in [2.75, 3.05) is 13.1 Å². The van der Waals surface area contributed by atoms with Crippen molar-refractivity contribution in [3.63, 3.8) is 0 Å². The second-order valence-corrected chi connectivity index (χ2v) is 7.04. The van der Waals surface area contributed by atoms with E-state index in [0.29, 0.717) is 17.1 Å². The van der Waals surface area contributed by atoms with Crippen LogP contribution in [-0.4, -0.2) is 43.5 Å². The molecule has 124 valence electrons. The number of thiazole rings is 1. The summed E-state index contributed by atoms with van der Waals surface area (Å²) in [7, 11) is 0. The maximum absolute atomic E-state index is 11.5. The van der Waals surface area contributed by atoms with Gasteiger partial charge in [-0.15, -0.1) is 11.3 Å². The highest BCUT2D eigenvalue weighted by Crippen LogP contribution is 2.28. The fourth-order valence-corrected chi connectivity index (χ4v) is 4.01. The number of hydrogen-bond donors (Lipinski definition) is 1. The van der Waals surface area contributed by atoms with E-state index in [-0.39, 0.29) is 0 Å². The smallest absolute Gasteiger partial charge is 0.254 e. The van der Waals surface area contributed by atoms with Crippen molar-refractivity contribution in [2.24, 2.45) is 5.73 Å². The van der Waals surface area contributed by atoms with Gasteiger partial charge in [0.15, 0.2) is 5.65 Å². The van der Waals surface area contributed by atoms with Gasteiger partial charge in [-0.2, -0.15) is 5.10 Å². The monoisotopic (exact) mass is 342 g/mol. The predicted molar refractivity (Wildman–Crippen MR) is 90.9 cm³/mol. The standard InChI is InChI=1S/C16H18N6OS/c17-15(23)13-7-20-22-14(3-4-19-16(13)22)11-2-1-5-21(8-11)9-12-6-18-10-24-12/h3-4,6-7,10-11H,1-2,5,8-9H2,(H2,17,23)/t11-/m0/s1. The van der Waals surface area contributed by atoms with Crippen molar-refractivity contribution in [3.8, 4) is 0 Å². The summed E-state index contributed by atoms with van der Waals surface area (Å²) in [4.78, 5) is 23.7. The minimum Gasteiger partial charge on any atom is -0.365 e. The maximum Gasteiger partial charge on any atom is 0.254 e. The molecule has 4 heterocycles. The zero-order valence-corrected chi connectivity index (χ0v) is 13.9. The molecule has 3 aromatic rings. The van der Waals surface area contributed by atoms with Crippen LogP contribution in [0.2, 0.25) is 0 Å². The molecule has 4 rings (SSSR count). The van der Waals surface area contributed by atoms with Crippen LogP contribution in [0.15, 0.2) is 30.2 Å². The lowest BCUT2D eigenvalue weighted by molar-refractivity contribution is 0.100. The summed E-state index contributed by atoms with van der Waals surface area (Å²) in [5.74, 6) is -0.136. The number of fused-ring (bicyclic) bond motifs is 1. The molecule has 0 aliphatic carbocycles. The number of piperidine rings is 1. The number of hydrogen-bond acceptors (Lipinski definition) is 6. The molecule has 3 aromatic heterocycles. The number of nitrogens with zero attached hydrogens (tertiary/aromatic N) is 5. The summed E-state index contributed by atoms with van der Waals surface area (Å²) < 4.78 is 1.76. The molecule has 1 atom stereocenters. The molecular weight excluding hydrogens is 324 g/mol. The summed E-state index contributed by atoms with van der Waals surface area (Å²) in [5, 5.41) is 4.34. The number of primary amides is 1. The Morgan fingerprint density at radius 2 is 2.33 bits per heavy atom. The Kier molecular flexibility index (Phi) is 3.99. The number of amides is 1. The second-order valence-electron chi connectivity index (χ2n) is 6.07. The van der Waals surface area contributed by atoms with Crippen molar-refractivity contribution in [3.05, 3.63) is 46.3 Å². The van der Waals surface area contributed by atoms with Gasteiger partial charge in [-0.25, -0.2) is 9.50 Å². The Labute approximate surface area is 143 Å². The van der Waals surface area contributed by atoms with Gasteiger partial charge in [0.1, 0.15) is 5.56 Å². The zero-order chi connectivity index (χ0) is 16.5. The maximum atomic E-state index is 11.5. The predicted octanol–water partition coefficient (Wildman–Crippen LogP) is 1.66. The SMILES string of the molecule is NC(=O)c1cnn2c([C@H]3CCCN(Cc4cncs4)C3)ccnc12. The molecule has 24 heavy (non-hydrogen) atoms. The largest absolute Gasteiger partial charge is 0.365 e. The summed E-state index contributed by atoms with van der Waals surface area (Å²) in [6.45, 7) is 2.98. The average molecular weight is 342 g/mol. The lowest BCUT2D eigenvalue weighted by Gasteiger charge is -2.32. The van der Waals surface area contributed by atoms with E-state index in [4.69, 9.17) is 5.73 Å². The molecule has 0 bridgehead atoms. The Bertz CT molecular complexity index is 859. The molecule has 0 unspecified atom stereocenters. The molecule has 7 nitrogen and oxygen atoms in total. The molecule has 1 aliphatic heterocycles. The number of aromatic nitrogens is 4. The van der Waals surface area contributed by atoms with Crippen molar-refractivity contribution < 1.29 is 4.79 Å². The minimum absolute atomic E-state index is 0.359. The van der Waals surface area contributed by atoms with E-state index in [9.17, 15) is 4.79 Å². The Morgan fingerprint density at radius 1 is 1.42 bits per heavy atom. The van der Waals surface area contributed by atoms with Gasteiger partial charge in [0.25, 0.3) is 5.91 Å². The normalized spacial score (nSPS) is 18.9. The van der Waals surface area contributed by atoms with E-state index in [1.165, 1.54) is 11.1 Å². The number of carbonyl (C=O) groups excluding carboxylic acids is 1. The van der Waals surface area contributed by atoms with E-state index in [1.807, 2.05) is 17.8 Å². The van der Waals surface area contributed by atoms with Crippen LogP contribution in [0.5, 0.6) is 0 Å². The average Bonchev–Trinajstić information content (AvgIpc) is 3.24. The highest BCUT2D eigenvalue weighted by Gasteiger charge is 2.25. The number of carbonyl (C=O) groups is 1. The van der Waals surface area contributed by atoms with Gasteiger partial charge >= 0.3 is 0 Å². The summed E-state index contributed by atoms with van der Waals surface area (Å²) in [5.41, 5.74) is 9.27. The quantitative estimate of drug-likeness (QED) is 0.779. The number of rotatable bonds is 4. The molecule has 2 N–H and O–H groups in total. The second kappa shape index (κ2) is 6.29. The van der Waals surface area contributed by atoms with E-state index in [1.54, 1.807) is 22.0 Å².